The highest BCUT2D eigenvalue weighted by molar-refractivity contribution is 7.22. The van der Waals surface area contributed by atoms with Crippen LogP contribution in [0.5, 0.6) is 0 Å². The van der Waals surface area contributed by atoms with Crippen molar-refractivity contribution in [3.05, 3.63) is 42.5 Å². The number of ether oxygens (including phenoxy) is 1. The summed E-state index contributed by atoms with van der Waals surface area (Å²) in [5.41, 5.74) is 1.11. The number of benzene rings is 1. The number of hydrogen-bond acceptors (Lipinski definition) is 6. The maximum atomic E-state index is 5.19. The van der Waals surface area contributed by atoms with E-state index in [1.807, 2.05) is 12.4 Å². The summed E-state index contributed by atoms with van der Waals surface area (Å²) in [6, 6.07) is 8.39. The van der Waals surface area contributed by atoms with Crippen molar-refractivity contribution in [1.82, 2.24) is 19.4 Å². The predicted octanol–water partition coefficient (Wildman–Crippen LogP) is 2.85. The number of methoxy groups -OCH3 is 1. The molecule has 2 aromatic heterocycles. The lowest BCUT2D eigenvalue weighted by Gasteiger charge is -2.21. The highest BCUT2D eigenvalue weighted by Crippen LogP contribution is 2.29. The van der Waals surface area contributed by atoms with Crippen LogP contribution < -0.4 is 4.90 Å². The van der Waals surface area contributed by atoms with Crippen LogP contribution in [-0.2, 0) is 17.8 Å². The molecule has 0 amide bonds. The Morgan fingerprint density at radius 1 is 1.15 bits per heavy atom. The lowest BCUT2D eigenvalue weighted by Crippen LogP contribution is -2.31. The number of imidazole rings is 1. The molecule has 1 aromatic carbocycles. The Kier molecular flexibility index (Phi) is 5.48. The first-order valence-corrected chi connectivity index (χ1v) is 9.97. The molecule has 0 N–H and O–H groups in total. The molecule has 138 valence electrons. The van der Waals surface area contributed by atoms with E-state index >= 15 is 0 Å². The van der Waals surface area contributed by atoms with E-state index in [0.717, 1.165) is 68.8 Å². The Balaban J connectivity index is 1.39. The Morgan fingerprint density at radius 2 is 2.08 bits per heavy atom. The molecular formula is C19H25N5OS. The van der Waals surface area contributed by atoms with Crippen molar-refractivity contribution in [2.45, 2.75) is 19.5 Å². The number of fused-ring (bicyclic) bond motifs is 1. The predicted molar refractivity (Wildman–Crippen MR) is 106 cm³/mol. The minimum absolute atomic E-state index is 0.717. The van der Waals surface area contributed by atoms with Crippen LogP contribution in [0.2, 0.25) is 0 Å². The van der Waals surface area contributed by atoms with Crippen LogP contribution in [0.1, 0.15) is 12.2 Å². The van der Waals surface area contributed by atoms with Gasteiger partial charge in [-0.15, -0.1) is 0 Å². The minimum Gasteiger partial charge on any atom is -0.383 e. The van der Waals surface area contributed by atoms with Crippen LogP contribution in [0.3, 0.4) is 0 Å². The topological polar surface area (TPSA) is 46.4 Å². The van der Waals surface area contributed by atoms with Crippen molar-refractivity contribution in [3.63, 3.8) is 0 Å². The van der Waals surface area contributed by atoms with Gasteiger partial charge in [0.1, 0.15) is 5.82 Å². The van der Waals surface area contributed by atoms with E-state index in [9.17, 15) is 0 Å². The van der Waals surface area contributed by atoms with E-state index in [2.05, 4.69) is 43.6 Å². The van der Waals surface area contributed by atoms with Gasteiger partial charge in [-0.25, -0.2) is 9.97 Å². The van der Waals surface area contributed by atoms with Crippen LogP contribution in [0.4, 0.5) is 5.13 Å². The third kappa shape index (κ3) is 3.90. The molecule has 26 heavy (non-hydrogen) atoms. The summed E-state index contributed by atoms with van der Waals surface area (Å²) < 4.78 is 8.65. The summed E-state index contributed by atoms with van der Waals surface area (Å²) >= 11 is 1.80. The molecule has 4 rings (SSSR count). The molecule has 0 bridgehead atoms. The van der Waals surface area contributed by atoms with E-state index in [4.69, 9.17) is 9.72 Å². The third-order valence-corrected chi connectivity index (χ3v) is 5.94. The molecule has 0 radical (unpaired) electrons. The zero-order valence-electron chi connectivity index (χ0n) is 15.2. The SMILES string of the molecule is COCCn1ccnc1CN1CCCN(c2nc3ccccc3s2)CC1. The van der Waals surface area contributed by atoms with Crippen molar-refractivity contribution >= 4 is 26.7 Å². The van der Waals surface area contributed by atoms with Crippen LogP contribution in [-0.4, -0.2) is 59.3 Å². The van der Waals surface area contributed by atoms with Gasteiger partial charge in [-0.2, -0.15) is 0 Å². The molecule has 6 nitrogen and oxygen atoms in total. The van der Waals surface area contributed by atoms with Crippen LogP contribution in [0.15, 0.2) is 36.7 Å². The normalized spacial score (nSPS) is 16.3. The molecule has 1 fully saturated rings. The second-order valence-corrected chi connectivity index (χ2v) is 7.62. The first-order valence-electron chi connectivity index (χ1n) is 9.15. The maximum Gasteiger partial charge on any atom is 0.186 e. The van der Waals surface area contributed by atoms with Crippen LogP contribution in [0, 0.1) is 0 Å². The molecule has 3 heterocycles. The number of nitrogens with zero attached hydrogens (tertiary/aromatic N) is 5. The van der Waals surface area contributed by atoms with Gasteiger partial charge in [0.15, 0.2) is 5.13 Å². The van der Waals surface area contributed by atoms with E-state index in [1.165, 1.54) is 4.70 Å². The zero-order valence-corrected chi connectivity index (χ0v) is 16.0. The Morgan fingerprint density at radius 3 is 2.96 bits per heavy atom. The quantitative estimate of drug-likeness (QED) is 0.667. The highest BCUT2D eigenvalue weighted by atomic mass is 32.1. The lowest BCUT2D eigenvalue weighted by atomic mass is 10.3. The molecular weight excluding hydrogens is 346 g/mol. The van der Waals surface area contributed by atoms with Crippen molar-refractivity contribution in [2.75, 3.05) is 44.8 Å². The molecule has 0 unspecified atom stereocenters. The Bertz CT molecular complexity index is 812. The number of anilines is 1. The zero-order chi connectivity index (χ0) is 17.8. The van der Waals surface area contributed by atoms with Gasteiger partial charge in [0, 0.05) is 52.2 Å². The fourth-order valence-electron chi connectivity index (χ4n) is 3.40. The smallest absolute Gasteiger partial charge is 0.186 e. The second kappa shape index (κ2) is 8.16. The Hall–Kier alpha value is -1.96. The van der Waals surface area contributed by atoms with Crippen molar-refractivity contribution in [2.24, 2.45) is 0 Å². The Labute approximate surface area is 158 Å². The summed E-state index contributed by atoms with van der Waals surface area (Å²) in [5, 5.41) is 1.15. The lowest BCUT2D eigenvalue weighted by molar-refractivity contribution is 0.184. The van der Waals surface area contributed by atoms with Crippen molar-refractivity contribution in [1.29, 1.82) is 0 Å². The number of para-hydroxylation sites is 1. The third-order valence-electron chi connectivity index (χ3n) is 4.84. The average Bonchev–Trinajstić information content (AvgIpc) is 3.21. The summed E-state index contributed by atoms with van der Waals surface area (Å²) in [7, 11) is 1.74. The molecule has 0 aliphatic carbocycles. The number of thiazole rings is 1. The molecule has 1 aliphatic heterocycles. The van der Waals surface area contributed by atoms with Gasteiger partial charge in [-0.1, -0.05) is 23.5 Å². The molecule has 1 saturated heterocycles. The molecule has 3 aromatic rings. The van der Waals surface area contributed by atoms with Crippen LogP contribution in [0.25, 0.3) is 10.2 Å². The number of hydrogen-bond donors (Lipinski definition) is 0. The largest absolute Gasteiger partial charge is 0.383 e. The van der Waals surface area contributed by atoms with E-state index in [-0.39, 0.29) is 0 Å². The fraction of sp³-hybridized carbons (Fsp3) is 0.474. The van der Waals surface area contributed by atoms with E-state index in [1.54, 1.807) is 18.4 Å². The monoisotopic (exact) mass is 371 g/mol. The van der Waals surface area contributed by atoms with Gasteiger partial charge in [-0.3, -0.25) is 4.90 Å². The van der Waals surface area contributed by atoms with Crippen LogP contribution >= 0.6 is 11.3 Å². The second-order valence-electron chi connectivity index (χ2n) is 6.61. The molecule has 0 saturated carbocycles. The van der Waals surface area contributed by atoms with Gasteiger partial charge < -0.3 is 14.2 Å². The fourth-order valence-corrected chi connectivity index (χ4v) is 4.42. The summed E-state index contributed by atoms with van der Waals surface area (Å²) in [4.78, 5) is 14.3. The average molecular weight is 372 g/mol. The standard InChI is InChI=1S/C19H25N5OS/c1-25-14-13-23-10-7-20-18(23)15-22-8-4-9-24(12-11-22)19-21-16-5-2-3-6-17(16)26-19/h2-3,5-7,10H,4,8-9,11-15H2,1H3. The van der Waals surface area contributed by atoms with Gasteiger partial charge in [0.2, 0.25) is 0 Å². The molecule has 7 heteroatoms. The highest BCUT2D eigenvalue weighted by Gasteiger charge is 2.19. The summed E-state index contributed by atoms with van der Waals surface area (Å²) in [5.74, 6) is 1.12. The summed E-state index contributed by atoms with van der Waals surface area (Å²) in [6.07, 6.45) is 5.07. The number of aromatic nitrogens is 3. The van der Waals surface area contributed by atoms with Gasteiger partial charge in [-0.05, 0) is 18.6 Å². The molecule has 0 spiro atoms. The minimum atomic E-state index is 0.717. The van der Waals surface area contributed by atoms with Gasteiger partial charge in [0.25, 0.3) is 0 Å². The number of rotatable bonds is 6. The van der Waals surface area contributed by atoms with Crippen molar-refractivity contribution in [3.8, 4) is 0 Å². The van der Waals surface area contributed by atoms with E-state index < -0.39 is 0 Å². The first-order chi connectivity index (χ1) is 12.8. The molecule has 1 aliphatic rings. The maximum absolute atomic E-state index is 5.19. The van der Waals surface area contributed by atoms with Crippen molar-refractivity contribution < 1.29 is 4.74 Å². The van der Waals surface area contributed by atoms with E-state index in [0.29, 0.717) is 0 Å². The summed E-state index contributed by atoms with van der Waals surface area (Å²) in [6.45, 7) is 6.68. The van der Waals surface area contributed by atoms with Gasteiger partial charge >= 0.3 is 0 Å². The van der Waals surface area contributed by atoms with Gasteiger partial charge in [0.05, 0.1) is 23.4 Å². The molecule has 0 atom stereocenters. The first kappa shape index (κ1) is 17.5.